The molecule has 0 aliphatic carbocycles. The molecule has 1 aromatic rings. The Morgan fingerprint density at radius 1 is 1.43 bits per heavy atom. The number of carboxylic acid groups (broad SMARTS) is 1. The zero-order chi connectivity index (χ0) is 15.5. The van der Waals surface area contributed by atoms with Crippen LogP contribution in [0.5, 0.6) is 0 Å². The number of aromatic nitrogens is 1. The van der Waals surface area contributed by atoms with Gasteiger partial charge in [-0.25, -0.2) is 18.2 Å². The molecule has 7 nitrogen and oxygen atoms in total. The lowest BCUT2D eigenvalue weighted by molar-refractivity contribution is 0.0696. The van der Waals surface area contributed by atoms with E-state index in [0.29, 0.717) is 6.54 Å². The van der Waals surface area contributed by atoms with E-state index in [1.165, 1.54) is 16.4 Å². The molecule has 0 radical (unpaired) electrons. The van der Waals surface area contributed by atoms with Gasteiger partial charge in [-0.3, -0.25) is 0 Å². The van der Waals surface area contributed by atoms with Gasteiger partial charge in [0.1, 0.15) is 0 Å². The predicted octanol–water partition coefficient (Wildman–Crippen LogP) is 0.542. The molecular weight excluding hydrogens is 294 g/mol. The molecule has 0 saturated carbocycles. The minimum absolute atomic E-state index is 0.0288. The Labute approximate surface area is 124 Å². The number of hydrogen-bond donors (Lipinski definition) is 2. The van der Waals surface area contributed by atoms with E-state index in [2.05, 4.69) is 10.3 Å². The number of piperidine rings is 1. The summed E-state index contributed by atoms with van der Waals surface area (Å²) >= 11 is 0. The number of carbonyl (C=O) groups is 1. The first-order valence-electron chi connectivity index (χ1n) is 6.88. The van der Waals surface area contributed by atoms with Gasteiger partial charge in [0.2, 0.25) is 0 Å². The van der Waals surface area contributed by atoms with Crippen LogP contribution in [0.2, 0.25) is 0 Å². The highest BCUT2D eigenvalue weighted by Crippen LogP contribution is 2.21. The van der Waals surface area contributed by atoms with Gasteiger partial charge in [-0.15, -0.1) is 0 Å². The highest BCUT2D eigenvalue weighted by atomic mass is 32.2. The van der Waals surface area contributed by atoms with Crippen LogP contribution in [-0.2, 0) is 10.0 Å². The summed E-state index contributed by atoms with van der Waals surface area (Å²) in [7, 11) is -3.69. The smallest absolute Gasteiger partial charge is 0.337 e. The number of rotatable bonds is 5. The van der Waals surface area contributed by atoms with E-state index < -0.39 is 16.0 Å². The number of sulfonamides is 1. The Morgan fingerprint density at radius 2 is 2.10 bits per heavy atom. The summed E-state index contributed by atoms with van der Waals surface area (Å²) in [6, 6.07) is 2.48. The summed E-state index contributed by atoms with van der Waals surface area (Å²) in [5, 5.41) is 11.9. The van der Waals surface area contributed by atoms with Gasteiger partial charge in [0.05, 0.1) is 5.56 Å². The van der Waals surface area contributed by atoms with Crippen LogP contribution in [0.4, 0.5) is 0 Å². The highest BCUT2D eigenvalue weighted by Gasteiger charge is 2.31. The quantitative estimate of drug-likeness (QED) is 0.823. The molecule has 1 fully saturated rings. The fourth-order valence-corrected chi connectivity index (χ4v) is 4.11. The van der Waals surface area contributed by atoms with Gasteiger partial charge in [0, 0.05) is 18.8 Å². The third-order valence-electron chi connectivity index (χ3n) is 3.58. The Morgan fingerprint density at radius 3 is 2.57 bits per heavy atom. The molecule has 1 aliphatic rings. The van der Waals surface area contributed by atoms with Crippen LogP contribution in [0.25, 0.3) is 0 Å². The summed E-state index contributed by atoms with van der Waals surface area (Å²) in [6.45, 7) is 3.75. The topological polar surface area (TPSA) is 99.6 Å². The van der Waals surface area contributed by atoms with Gasteiger partial charge in [-0.2, -0.15) is 4.31 Å². The van der Waals surface area contributed by atoms with Crippen molar-refractivity contribution in [3.63, 3.8) is 0 Å². The van der Waals surface area contributed by atoms with E-state index in [4.69, 9.17) is 5.11 Å². The summed E-state index contributed by atoms with van der Waals surface area (Å²) in [5.74, 6) is -1.13. The first-order chi connectivity index (χ1) is 9.96. The summed E-state index contributed by atoms with van der Waals surface area (Å²) in [6.07, 6.45) is 2.60. The number of nitrogens with zero attached hydrogens (tertiary/aromatic N) is 2. The lowest BCUT2D eigenvalue weighted by atomic mass is 10.1. The van der Waals surface area contributed by atoms with Crippen molar-refractivity contribution in [1.29, 1.82) is 0 Å². The van der Waals surface area contributed by atoms with Crippen molar-refractivity contribution in [3.8, 4) is 0 Å². The van der Waals surface area contributed by atoms with Crippen molar-refractivity contribution in [2.75, 3.05) is 19.6 Å². The SMILES string of the molecule is CCN(C1CCNCC1)S(=O)(=O)c1ccc(C(=O)O)cn1. The molecule has 0 aromatic carbocycles. The third-order valence-corrected chi connectivity index (χ3v) is 5.53. The molecule has 21 heavy (non-hydrogen) atoms. The minimum Gasteiger partial charge on any atom is -0.478 e. The van der Waals surface area contributed by atoms with Crippen LogP contribution in [0, 0.1) is 0 Å². The summed E-state index contributed by atoms with van der Waals surface area (Å²) in [4.78, 5) is 14.6. The molecule has 116 valence electrons. The van der Waals surface area contributed by atoms with Gasteiger partial charge >= 0.3 is 5.97 Å². The molecular formula is C13H19N3O4S. The number of pyridine rings is 1. The molecule has 1 saturated heterocycles. The van der Waals surface area contributed by atoms with Crippen LogP contribution in [0.15, 0.2) is 23.4 Å². The first kappa shape index (κ1) is 15.9. The second kappa shape index (κ2) is 6.50. The molecule has 8 heteroatoms. The maximum absolute atomic E-state index is 12.6. The minimum atomic E-state index is -3.69. The van der Waals surface area contributed by atoms with Crippen molar-refractivity contribution in [1.82, 2.24) is 14.6 Å². The molecule has 0 bridgehead atoms. The summed E-state index contributed by atoms with van der Waals surface area (Å²) in [5.41, 5.74) is -0.0288. The average molecular weight is 313 g/mol. The highest BCUT2D eigenvalue weighted by molar-refractivity contribution is 7.89. The number of aromatic carboxylic acids is 1. The Kier molecular flexibility index (Phi) is 4.92. The van der Waals surface area contributed by atoms with Gasteiger partial charge in [0.15, 0.2) is 5.03 Å². The van der Waals surface area contributed by atoms with Crippen LogP contribution in [0.1, 0.15) is 30.1 Å². The molecule has 0 amide bonds. The van der Waals surface area contributed by atoms with Crippen molar-refractivity contribution in [2.45, 2.75) is 30.8 Å². The molecule has 0 spiro atoms. The average Bonchev–Trinajstić information content (AvgIpc) is 2.49. The van der Waals surface area contributed by atoms with E-state index in [1.54, 1.807) is 6.92 Å². The van der Waals surface area contributed by atoms with Crippen molar-refractivity contribution < 1.29 is 18.3 Å². The van der Waals surface area contributed by atoms with Crippen LogP contribution >= 0.6 is 0 Å². The standard InChI is InChI=1S/C13H19N3O4S/c1-2-16(11-5-7-14-8-6-11)21(19,20)12-4-3-10(9-15-12)13(17)18/h3-4,9,11,14H,2,5-8H2,1H3,(H,17,18). The van der Waals surface area contributed by atoms with Gasteiger partial charge < -0.3 is 10.4 Å². The van der Waals surface area contributed by atoms with Gasteiger partial charge in [-0.05, 0) is 38.1 Å². The van der Waals surface area contributed by atoms with E-state index >= 15 is 0 Å². The number of nitrogens with one attached hydrogen (secondary N) is 1. The Bertz CT molecular complexity index is 594. The molecule has 2 rings (SSSR count). The van der Waals surface area contributed by atoms with Crippen molar-refractivity contribution >= 4 is 16.0 Å². The molecule has 1 aliphatic heterocycles. The molecule has 0 atom stereocenters. The Hall–Kier alpha value is -1.51. The van der Waals surface area contributed by atoms with Crippen LogP contribution in [-0.4, -0.2) is 54.5 Å². The van der Waals surface area contributed by atoms with Gasteiger partial charge in [-0.1, -0.05) is 6.92 Å². The maximum Gasteiger partial charge on any atom is 0.337 e. The summed E-state index contributed by atoms with van der Waals surface area (Å²) < 4.78 is 26.7. The second-order valence-corrected chi connectivity index (χ2v) is 6.72. The fraction of sp³-hybridized carbons (Fsp3) is 0.538. The third kappa shape index (κ3) is 3.39. The normalized spacial score (nSPS) is 17.0. The maximum atomic E-state index is 12.6. The van der Waals surface area contributed by atoms with Crippen LogP contribution in [0.3, 0.4) is 0 Å². The van der Waals surface area contributed by atoms with Gasteiger partial charge in [0.25, 0.3) is 10.0 Å². The van der Waals surface area contributed by atoms with E-state index in [-0.39, 0.29) is 16.6 Å². The number of carboxylic acids is 1. The first-order valence-corrected chi connectivity index (χ1v) is 8.32. The van der Waals surface area contributed by atoms with E-state index in [1.807, 2.05) is 0 Å². The van der Waals surface area contributed by atoms with E-state index in [0.717, 1.165) is 32.1 Å². The fourth-order valence-electron chi connectivity index (χ4n) is 2.50. The Balaban J connectivity index is 2.27. The van der Waals surface area contributed by atoms with Crippen molar-refractivity contribution in [2.24, 2.45) is 0 Å². The molecule has 1 aromatic heterocycles. The number of hydrogen-bond acceptors (Lipinski definition) is 5. The lowest BCUT2D eigenvalue weighted by Gasteiger charge is -2.32. The second-order valence-electron chi connectivity index (χ2n) is 4.88. The molecule has 2 heterocycles. The lowest BCUT2D eigenvalue weighted by Crippen LogP contribution is -2.46. The zero-order valence-electron chi connectivity index (χ0n) is 11.8. The zero-order valence-corrected chi connectivity index (χ0v) is 12.6. The largest absolute Gasteiger partial charge is 0.478 e. The van der Waals surface area contributed by atoms with E-state index in [9.17, 15) is 13.2 Å². The molecule has 2 N–H and O–H groups in total. The van der Waals surface area contributed by atoms with Crippen molar-refractivity contribution in [3.05, 3.63) is 23.9 Å². The predicted molar refractivity (Wildman–Crippen MR) is 76.7 cm³/mol. The van der Waals surface area contributed by atoms with Crippen LogP contribution < -0.4 is 5.32 Å². The molecule has 0 unspecified atom stereocenters. The monoisotopic (exact) mass is 313 g/mol.